The minimum atomic E-state index is -0.115. The number of aromatic nitrogens is 3. The van der Waals surface area contributed by atoms with Gasteiger partial charge in [0.05, 0.1) is 18.1 Å². The van der Waals surface area contributed by atoms with Crippen LogP contribution in [-0.2, 0) is 13.6 Å². The molecule has 2 amide bonds. The summed E-state index contributed by atoms with van der Waals surface area (Å²) in [6, 6.07) is 4.81. The monoisotopic (exact) mass is 382 g/mol. The van der Waals surface area contributed by atoms with Crippen LogP contribution >= 0.6 is 0 Å². The first-order valence-corrected chi connectivity index (χ1v) is 10.3. The normalized spacial score (nSPS) is 22.8. The van der Waals surface area contributed by atoms with Gasteiger partial charge in [-0.05, 0) is 56.7 Å². The van der Waals surface area contributed by atoms with E-state index in [1.165, 1.54) is 25.0 Å². The molecule has 1 aliphatic heterocycles. The summed E-state index contributed by atoms with van der Waals surface area (Å²) in [5, 5.41) is 6.07. The van der Waals surface area contributed by atoms with Gasteiger partial charge in [-0.25, -0.2) is 9.78 Å². The Labute approximate surface area is 166 Å². The van der Waals surface area contributed by atoms with Crippen LogP contribution in [0, 0.1) is 12.8 Å². The van der Waals surface area contributed by atoms with Crippen molar-refractivity contribution in [2.45, 2.75) is 51.2 Å². The van der Waals surface area contributed by atoms with Crippen LogP contribution in [0.15, 0.2) is 30.9 Å². The van der Waals surface area contributed by atoms with Gasteiger partial charge in [0, 0.05) is 44.3 Å². The Balaban J connectivity index is 1.37. The third-order valence-corrected chi connectivity index (χ3v) is 6.05. The number of aryl methyl sites for hydroxylation is 2. The molecule has 0 spiro atoms. The van der Waals surface area contributed by atoms with Gasteiger partial charge in [0.1, 0.15) is 0 Å². The lowest BCUT2D eigenvalue weighted by molar-refractivity contribution is 0.0796. The van der Waals surface area contributed by atoms with Crippen LogP contribution in [0.2, 0.25) is 0 Å². The van der Waals surface area contributed by atoms with E-state index in [-0.39, 0.29) is 6.03 Å². The summed E-state index contributed by atoms with van der Waals surface area (Å²) in [4.78, 5) is 23.6. The van der Waals surface area contributed by atoms with Crippen LogP contribution < -0.4 is 10.6 Å². The Hall–Kier alpha value is -2.41. The minimum absolute atomic E-state index is 0.115. The number of imidazole rings is 1. The van der Waals surface area contributed by atoms with Crippen molar-refractivity contribution in [3.8, 4) is 0 Å². The number of nitrogens with one attached hydrogen (secondary N) is 2. The number of likely N-dealkylation sites (tertiary alicyclic amines) is 1. The lowest BCUT2D eigenvalue weighted by atomic mass is 9.86. The third kappa shape index (κ3) is 4.19. The highest BCUT2D eigenvalue weighted by atomic mass is 16.2. The molecule has 2 aromatic heterocycles. The smallest absolute Gasteiger partial charge is 0.315 e. The number of rotatable bonds is 6. The molecule has 0 radical (unpaired) electrons. The van der Waals surface area contributed by atoms with Gasteiger partial charge in [-0.1, -0.05) is 6.07 Å². The zero-order valence-corrected chi connectivity index (χ0v) is 16.8. The van der Waals surface area contributed by atoms with Crippen LogP contribution in [-0.4, -0.2) is 44.6 Å². The highest BCUT2D eigenvalue weighted by molar-refractivity contribution is 5.73. The average molecular weight is 383 g/mol. The summed E-state index contributed by atoms with van der Waals surface area (Å²) < 4.78 is 2.13. The number of piperidine rings is 1. The van der Waals surface area contributed by atoms with E-state index in [9.17, 15) is 4.79 Å². The quantitative estimate of drug-likeness (QED) is 0.805. The number of urea groups is 1. The van der Waals surface area contributed by atoms with Crippen LogP contribution in [0.4, 0.5) is 4.79 Å². The molecule has 150 valence electrons. The van der Waals surface area contributed by atoms with E-state index in [2.05, 4.69) is 37.1 Å². The summed E-state index contributed by atoms with van der Waals surface area (Å²) in [5.74, 6) is 0.399. The minimum Gasteiger partial charge on any atom is -0.338 e. The molecule has 7 nitrogen and oxygen atoms in total. The number of nitrogens with zero attached hydrogens (tertiary/aromatic N) is 4. The molecular weight excluding hydrogens is 352 g/mol. The molecule has 0 bridgehead atoms. The lowest BCUT2D eigenvalue weighted by Crippen LogP contribution is -2.46. The van der Waals surface area contributed by atoms with Crippen molar-refractivity contribution < 1.29 is 4.79 Å². The highest BCUT2D eigenvalue weighted by Gasteiger charge is 2.41. The van der Waals surface area contributed by atoms with Gasteiger partial charge < -0.3 is 15.2 Å². The molecule has 1 aliphatic carbocycles. The molecule has 4 rings (SSSR count). The Morgan fingerprint density at radius 3 is 2.86 bits per heavy atom. The number of carbonyl (C=O) groups is 1. The number of amides is 2. The van der Waals surface area contributed by atoms with Crippen molar-refractivity contribution in [1.29, 1.82) is 0 Å². The molecule has 1 saturated heterocycles. The summed E-state index contributed by atoms with van der Waals surface area (Å²) in [5.41, 5.74) is 3.25. The lowest BCUT2D eigenvalue weighted by Gasteiger charge is -2.41. The van der Waals surface area contributed by atoms with Gasteiger partial charge in [-0.2, -0.15) is 0 Å². The summed E-state index contributed by atoms with van der Waals surface area (Å²) in [6.45, 7) is 4.28. The number of hydrogen-bond acceptors (Lipinski definition) is 4. The predicted molar refractivity (Wildman–Crippen MR) is 108 cm³/mol. The first-order valence-electron chi connectivity index (χ1n) is 10.3. The second-order valence-electron chi connectivity index (χ2n) is 8.06. The van der Waals surface area contributed by atoms with Crippen molar-refractivity contribution in [2.75, 3.05) is 13.1 Å². The first kappa shape index (κ1) is 18.9. The highest BCUT2D eigenvalue weighted by Crippen LogP contribution is 2.42. The maximum Gasteiger partial charge on any atom is 0.315 e. The fourth-order valence-corrected chi connectivity index (χ4v) is 4.36. The van der Waals surface area contributed by atoms with Crippen molar-refractivity contribution in [3.05, 3.63) is 47.8 Å². The van der Waals surface area contributed by atoms with E-state index in [0.29, 0.717) is 31.1 Å². The van der Waals surface area contributed by atoms with Crippen LogP contribution in [0.25, 0.3) is 0 Å². The molecule has 2 aromatic rings. The van der Waals surface area contributed by atoms with Gasteiger partial charge in [0.25, 0.3) is 0 Å². The molecule has 1 saturated carbocycles. The fraction of sp³-hybridized carbons (Fsp3) is 0.571. The maximum absolute atomic E-state index is 12.4. The Morgan fingerprint density at radius 2 is 2.14 bits per heavy atom. The zero-order valence-electron chi connectivity index (χ0n) is 16.8. The fourth-order valence-electron chi connectivity index (χ4n) is 4.36. The molecule has 2 aliphatic rings. The summed E-state index contributed by atoms with van der Waals surface area (Å²) in [7, 11) is 2.06. The van der Waals surface area contributed by atoms with Crippen molar-refractivity contribution in [1.82, 2.24) is 30.1 Å². The van der Waals surface area contributed by atoms with E-state index < -0.39 is 0 Å². The Bertz CT molecular complexity index is 815. The molecule has 0 aromatic carbocycles. The molecule has 2 N–H and O–H groups in total. The molecule has 0 unspecified atom stereocenters. The SMILES string of the molecule is Cc1ncccc1CNC(=O)NC[C@@H]1CCCN(C2CC2)[C@H]1c1cncn1C. The van der Waals surface area contributed by atoms with Gasteiger partial charge in [-0.15, -0.1) is 0 Å². The Kier molecular flexibility index (Phi) is 5.62. The number of hydrogen-bond donors (Lipinski definition) is 2. The van der Waals surface area contributed by atoms with Crippen LogP contribution in [0.5, 0.6) is 0 Å². The van der Waals surface area contributed by atoms with Gasteiger partial charge in [0.15, 0.2) is 0 Å². The largest absolute Gasteiger partial charge is 0.338 e. The topological polar surface area (TPSA) is 75.1 Å². The first-order chi connectivity index (χ1) is 13.6. The molecule has 3 heterocycles. The predicted octanol–water partition coefficient (Wildman–Crippen LogP) is 2.54. The molecule has 28 heavy (non-hydrogen) atoms. The maximum atomic E-state index is 12.4. The Morgan fingerprint density at radius 1 is 1.29 bits per heavy atom. The molecule has 7 heteroatoms. The zero-order chi connectivity index (χ0) is 19.5. The molecule has 2 atom stereocenters. The van der Waals surface area contributed by atoms with Crippen molar-refractivity contribution in [2.24, 2.45) is 13.0 Å². The summed E-state index contributed by atoms with van der Waals surface area (Å²) >= 11 is 0. The average Bonchev–Trinajstić information content (AvgIpc) is 3.46. The van der Waals surface area contributed by atoms with E-state index in [1.807, 2.05) is 31.6 Å². The van der Waals surface area contributed by atoms with E-state index in [1.54, 1.807) is 6.20 Å². The third-order valence-electron chi connectivity index (χ3n) is 6.05. The van der Waals surface area contributed by atoms with E-state index in [4.69, 9.17) is 0 Å². The molecular formula is C21H30N6O. The standard InChI is InChI=1S/C21H30N6O/c1-15-16(5-3-9-23-15)11-24-21(28)25-12-17-6-4-10-27(18-7-8-18)20(17)19-13-22-14-26(19)2/h3,5,9,13-14,17-18,20H,4,6-8,10-12H2,1-2H3,(H2,24,25,28)/t17-,20+/m0/s1. The van der Waals surface area contributed by atoms with Gasteiger partial charge >= 0.3 is 6.03 Å². The van der Waals surface area contributed by atoms with Crippen molar-refractivity contribution >= 4 is 6.03 Å². The van der Waals surface area contributed by atoms with Crippen molar-refractivity contribution in [3.63, 3.8) is 0 Å². The van der Waals surface area contributed by atoms with Gasteiger partial charge in [0.2, 0.25) is 0 Å². The summed E-state index contributed by atoms with van der Waals surface area (Å²) in [6.07, 6.45) is 10.5. The van der Waals surface area contributed by atoms with Gasteiger partial charge in [-0.3, -0.25) is 9.88 Å². The molecule has 2 fully saturated rings. The van der Waals surface area contributed by atoms with Crippen LogP contribution in [0.3, 0.4) is 0 Å². The number of carbonyl (C=O) groups excluding carboxylic acids is 1. The second-order valence-corrected chi connectivity index (χ2v) is 8.06. The van der Waals surface area contributed by atoms with E-state index in [0.717, 1.165) is 24.2 Å². The number of pyridine rings is 1. The van der Waals surface area contributed by atoms with Crippen LogP contribution in [0.1, 0.15) is 48.7 Å². The van der Waals surface area contributed by atoms with E-state index >= 15 is 0 Å². The second kappa shape index (κ2) is 8.31.